The molecular weight excluding hydrogens is 408 g/mol. The molecule has 2 atom stereocenters. The van der Waals surface area contributed by atoms with E-state index in [9.17, 15) is 14.7 Å². The summed E-state index contributed by atoms with van der Waals surface area (Å²) in [6.45, 7) is 0.552. The maximum atomic E-state index is 12.6. The first kappa shape index (κ1) is 22.3. The summed E-state index contributed by atoms with van der Waals surface area (Å²) in [7, 11) is 1.60. The molecule has 0 radical (unpaired) electrons. The van der Waals surface area contributed by atoms with Gasteiger partial charge in [-0.3, -0.25) is 9.59 Å². The minimum atomic E-state index is -0.923. The molecule has 2 unspecified atom stereocenters. The summed E-state index contributed by atoms with van der Waals surface area (Å²) in [6, 6.07) is 14.2. The Bertz CT molecular complexity index is 940. The van der Waals surface area contributed by atoms with Crippen LogP contribution in [0, 0.1) is 5.92 Å². The van der Waals surface area contributed by atoms with Gasteiger partial charge in [-0.25, -0.2) is 0 Å². The number of nitrogens with zero attached hydrogens (tertiary/aromatic N) is 1. The molecule has 1 heterocycles. The largest absolute Gasteiger partial charge is 0.496 e. The summed E-state index contributed by atoms with van der Waals surface area (Å²) in [5.41, 5.74) is 2.24. The van der Waals surface area contributed by atoms with E-state index in [4.69, 9.17) is 9.47 Å². The number of amides is 2. The van der Waals surface area contributed by atoms with Gasteiger partial charge in [0.15, 0.2) is 0 Å². The molecule has 32 heavy (non-hydrogen) atoms. The van der Waals surface area contributed by atoms with Crippen molar-refractivity contribution >= 4 is 17.5 Å². The van der Waals surface area contributed by atoms with Crippen molar-refractivity contribution in [2.24, 2.45) is 5.92 Å². The highest BCUT2D eigenvalue weighted by Crippen LogP contribution is 2.29. The van der Waals surface area contributed by atoms with Crippen LogP contribution in [0.15, 0.2) is 48.5 Å². The molecule has 170 valence electrons. The minimum absolute atomic E-state index is 0.00942. The zero-order chi connectivity index (χ0) is 22.5. The lowest BCUT2D eigenvalue weighted by molar-refractivity contribution is -0.155. The molecule has 7 heteroatoms. The van der Waals surface area contributed by atoms with E-state index in [1.165, 1.54) is 0 Å². The van der Waals surface area contributed by atoms with Crippen molar-refractivity contribution in [1.29, 1.82) is 0 Å². The van der Waals surface area contributed by atoms with E-state index in [1.54, 1.807) is 36.3 Å². The van der Waals surface area contributed by atoms with E-state index in [2.05, 4.69) is 5.32 Å². The highest BCUT2D eigenvalue weighted by atomic mass is 16.5. The van der Waals surface area contributed by atoms with Gasteiger partial charge in [0.25, 0.3) is 0 Å². The second kappa shape index (κ2) is 10.1. The summed E-state index contributed by atoms with van der Waals surface area (Å²) in [6.07, 6.45) is 3.18. The molecule has 1 aliphatic heterocycles. The topological polar surface area (TPSA) is 88.1 Å². The van der Waals surface area contributed by atoms with E-state index in [0.29, 0.717) is 23.5 Å². The van der Waals surface area contributed by atoms with Gasteiger partial charge in [-0.2, -0.15) is 0 Å². The zero-order valence-corrected chi connectivity index (χ0v) is 18.3. The number of hydrogen-bond donors (Lipinski definition) is 2. The second-order valence-corrected chi connectivity index (χ2v) is 8.45. The Labute approximate surface area is 188 Å². The van der Waals surface area contributed by atoms with Gasteiger partial charge in [0.2, 0.25) is 11.8 Å². The quantitative estimate of drug-likeness (QED) is 0.693. The summed E-state index contributed by atoms with van der Waals surface area (Å²) < 4.78 is 10.9. The van der Waals surface area contributed by atoms with Crippen LogP contribution in [0.1, 0.15) is 42.9 Å². The Balaban J connectivity index is 1.46. The lowest BCUT2D eigenvalue weighted by Crippen LogP contribution is -2.51. The number of hydrogen-bond acceptors (Lipinski definition) is 5. The molecule has 2 aromatic rings. The fourth-order valence-electron chi connectivity index (χ4n) is 4.53. The molecule has 0 bridgehead atoms. The molecule has 4 rings (SSSR count). The van der Waals surface area contributed by atoms with Crippen LogP contribution in [0.4, 0.5) is 5.69 Å². The molecule has 1 saturated heterocycles. The Morgan fingerprint density at radius 1 is 1.19 bits per heavy atom. The summed E-state index contributed by atoms with van der Waals surface area (Å²) in [5.74, 6) is 0.674. The first-order valence-corrected chi connectivity index (χ1v) is 11.1. The van der Waals surface area contributed by atoms with Gasteiger partial charge in [-0.1, -0.05) is 43.2 Å². The lowest BCUT2D eigenvalue weighted by Gasteiger charge is -2.38. The van der Waals surface area contributed by atoms with E-state index in [0.717, 1.165) is 31.2 Å². The number of morpholine rings is 1. The van der Waals surface area contributed by atoms with Crippen molar-refractivity contribution in [3.05, 3.63) is 59.7 Å². The SMILES string of the molecule is COc1ccccc1CN1C(=O)COCC1C(O)c1ccc(NC(=O)C2CCCC2)cc1. The van der Waals surface area contributed by atoms with Crippen LogP contribution in [-0.2, 0) is 20.9 Å². The summed E-state index contributed by atoms with van der Waals surface area (Å²) in [4.78, 5) is 26.7. The van der Waals surface area contributed by atoms with Crippen molar-refractivity contribution in [3.8, 4) is 5.75 Å². The van der Waals surface area contributed by atoms with Gasteiger partial charge < -0.3 is 24.8 Å². The lowest BCUT2D eigenvalue weighted by atomic mass is 9.99. The molecule has 2 fully saturated rings. The van der Waals surface area contributed by atoms with Crippen LogP contribution in [0.25, 0.3) is 0 Å². The monoisotopic (exact) mass is 438 g/mol. The number of carbonyl (C=O) groups is 2. The third kappa shape index (κ3) is 4.95. The summed E-state index contributed by atoms with van der Waals surface area (Å²) >= 11 is 0. The van der Waals surface area contributed by atoms with Crippen molar-refractivity contribution in [1.82, 2.24) is 4.90 Å². The fourth-order valence-corrected chi connectivity index (χ4v) is 4.53. The fraction of sp³-hybridized carbons (Fsp3) is 0.440. The molecule has 2 aliphatic rings. The highest BCUT2D eigenvalue weighted by molar-refractivity contribution is 5.92. The van der Waals surface area contributed by atoms with Crippen molar-refractivity contribution in [3.63, 3.8) is 0 Å². The number of carbonyl (C=O) groups excluding carboxylic acids is 2. The van der Waals surface area contributed by atoms with E-state index < -0.39 is 12.1 Å². The molecule has 0 spiro atoms. The molecule has 7 nitrogen and oxygen atoms in total. The number of aliphatic hydroxyl groups is 1. The maximum absolute atomic E-state index is 12.6. The van der Waals surface area contributed by atoms with Crippen molar-refractivity contribution < 1.29 is 24.2 Å². The van der Waals surface area contributed by atoms with Gasteiger partial charge in [-0.15, -0.1) is 0 Å². The predicted molar refractivity (Wildman–Crippen MR) is 120 cm³/mol. The number of rotatable bonds is 7. The van der Waals surface area contributed by atoms with Gasteiger partial charge in [0.05, 0.1) is 19.8 Å². The number of benzene rings is 2. The van der Waals surface area contributed by atoms with Gasteiger partial charge in [-0.05, 0) is 36.6 Å². The Kier molecular flexibility index (Phi) is 7.07. The number of aliphatic hydroxyl groups excluding tert-OH is 1. The maximum Gasteiger partial charge on any atom is 0.249 e. The van der Waals surface area contributed by atoms with Gasteiger partial charge in [0.1, 0.15) is 18.5 Å². The third-order valence-corrected chi connectivity index (χ3v) is 6.38. The molecular formula is C25H30N2O5. The van der Waals surface area contributed by atoms with E-state index >= 15 is 0 Å². The number of anilines is 1. The van der Waals surface area contributed by atoms with E-state index in [-0.39, 0.29) is 30.9 Å². The minimum Gasteiger partial charge on any atom is -0.496 e. The zero-order valence-electron chi connectivity index (χ0n) is 18.3. The van der Waals surface area contributed by atoms with Crippen LogP contribution in [0.5, 0.6) is 5.75 Å². The smallest absolute Gasteiger partial charge is 0.249 e. The first-order valence-electron chi connectivity index (χ1n) is 11.1. The Morgan fingerprint density at radius 3 is 2.62 bits per heavy atom. The van der Waals surface area contributed by atoms with Crippen LogP contribution < -0.4 is 10.1 Å². The van der Waals surface area contributed by atoms with Crippen LogP contribution >= 0.6 is 0 Å². The molecule has 1 aliphatic carbocycles. The van der Waals surface area contributed by atoms with Crippen molar-refractivity contribution in [2.45, 2.75) is 44.4 Å². The second-order valence-electron chi connectivity index (χ2n) is 8.45. The number of ether oxygens (including phenoxy) is 2. The predicted octanol–water partition coefficient (Wildman–Crippen LogP) is 3.28. The first-order chi connectivity index (χ1) is 15.6. The standard InChI is InChI=1S/C25H30N2O5/c1-31-22-9-5-4-8-19(22)14-27-21(15-32-16-23(27)28)24(29)17-10-12-20(13-11-17)26-25(30)18-6-2-3-7-18/h4-5,8-13,18,21,24,29H,2-3,6-7,14-16H2,1H3,(H,26,30). The normalized spacial score (nSPS) is 20.2. The van der Waals surface area contributed by atoms with E-state index in [1.807, 2.05) is 24.3 Å². The van der Waals surface area contributed by atoms with Crippen LogP contribution in [-0.4, -0.2) is 48.2 Å². The molecule has 2 N–H and O–H groups in total. The van der Waals surface area contributed by atoms with Crippen LogP contribution in [0.2, 0.25) is 0 Å². The molecule has 2 amide bonds. The Morgan fingerprint density at radius 2 is 1.91 bits per heavy atom. The number of methoxy groups -OCH3 is 1. The molecule has 1 saturated carbocycles. The van der Waals surface area contributed by atoms with Crippen LogP contribution in [0.3, 0.4) is 0 Å². The summed E-state index contributed by atoms with van der Waals surface area (Å²) in [5, 5.41) is 14.1. The average Bonchev–Trinajstić information content (AvgIpc) is 3.36. The van der Waals surface area contributed by atoms with Gasteiger partial charge in [0, 0.05) is 23.7 Å². The van der Waals surface area contributed by atoms with Crippen molar-refractivity contribution in [2.75, 3.05) is 25.6 Å². The number of nitrogens with one attached hydrogen (secondary N) is 1. The third-order valence-electron chi connectivity index (χ3n) is 6.38. The molecule has 2 aromatic carbocycles. The Hall–Kier alpha value is -2.90. The number of para-hydroxylation sites is 1. The molecule has 0 aromatic heterocycles. The van der Waals surface area contributed by atoms with Gasteiger partial charge >= 0.3 is 0 Å². The highest BCUT2D eigenvalue weighted by Gasteiger charge is 2.35. The average molecular weight is 439 g/mol.